The number of non-ortho nitro benzene ring substituents is 1. The third-order valence-corrected chi connectivity index (χ3v) is 8.05. The van der Waals surface area contributed by atoms with Gasteiger partial charge in [-0.1, -0.05) is 24.3 Å². The molecule has 5 rings (SSSR count). The van der Waals surface area contributed by atoms with Gasteiger partial charge >= 0.3 is 0 Å². The van der Waals surface area contributed by atoms with E-state index in [-0.39, 0.29) is 41.1 Å². The van der Waals surface area contributed by atoms with Gasteiger partial charge in [-0.3, -0.25) is 10.1 Å². The lowest BCUT2D eigenvalue weighted by Gasteiger charge is -2.37. The maximum atomic E-state index is 12.9. The van der Waals surface area contributed by atoms with Crippen LogP contribution < -0.4 is 10.0 Å². The fourth-order valence-corrected chi connectivity index (χ4v) is 6.07. The molecule has 32 heavy (non-hydrogen) atoms. The molecule has 2 aliphatic heterocycles. The number of nitro groups is 1. The number of nitrogens with one attached hydrogen (secondary N) is 2. The number of fused-ring (bicyclic) bond motifs is 3. The fourth-order valence-electron chi connectivity index (χ4n) is 4.96. The summed E-state index contributed by atoms with van der Waals surface area (Å²) < 4.78 is 34.0. The molecule has 2 aromatic rings. The van der Waals surface area contributed by atoms with Crippen molar-refractivity contribution < 1.29 is 18.1 Å². The van der Waals surface area contributed by atoms with Crippen molar-refractivity contribution in [1.29, 1.82) is 0 Å². The fraction of sp³-hybridized carbons (Fsp3) is 0.391. The van der Waals surface area contributed by atoms with Gasteiger partial charge in [0.1, 0.15) is 0 Å². The molecule has 3 aliphatic rings. The number of sulfonamides is 1. The lowest BCUT2D eigenvalue weighted by molar-refractivity contribution is -0.384. The van der Waals surface area contributed by atoms with Gasteiger partial charge in [0.2, 0.25) is 10.0 Å². The number of nitro benzene ring substituents is 1. The van der Waals surface area contributed by atoms with Crippen molar-refractivity contribution in [3.8, 4) is 0 Å². The van der Waals surface area contributed by atoms with Crippen LogP contribution in [0.2, 0.25) is 0 Å². The summed E-state index contributed by atoms with van der Waals surface area (Å²) in [5, 5.41) is 14.5. The second-order valence-corrected chi connectivity index (χ2v) is 10.3. The molecule has 8 nitrogen and oxygen atoms in total. The van der Waals surface area contributed by atoms with E-state index < -0.39 is 14.9 Å². The van der Waals surface area contributed by atoms with E-state index in [9.17, 15) is 18.5 Å². The normalized spacial score (nSPS) is 26.4. The zero-order valence-corrected chi connectivity index (χ0v) is 18.3. The molecule has 2 aromatic carbocycles. The summed E-state index contributed by atoms with van der Waals surface area (Å²) in [6.45, 7) is 0.966. The summed E-state index contributed by atoms with van der Waals surface area (Å²) in [7, 11) is -3.63. The SMILES string of the molecule is O=[N+]([O-])c1ccc(C2Nc3ccc(S(=O)(=O)NCC4CCCO4)cc3C3C=CCC32)cc1. The van der Waals surface area contributed by atoms with Crippen molar-refractivity contribution in [2.45, 2.75) is 42.2 Å². The van der Waals surface area contributed by atoms with E-state index in [1.54, 1.807) is 24.3 Å². The lowest BCUT2D eigenvalue weighted by Crippen LogP contribution is -2.32. The van der Waals surface area contributed by atoms with E-state index >= 15 is 0 Å². The molecular weight excluding hydrogens is 430 g/mol. The molecule has 168 valence electrons. The molecule has 0 spiro atoms. The molecule has 0 saturated carbocycles. The topological polar surface area (TPSA) is 111 Å². The maximum absolute atomic E-state index is 12.9. The predicted octanol–water partition coefficient (Wildman–Crippen LogP) is 3.88. The summed E-state index contributed by atoms with van der Waals surface area (Å²) in [4.78, 5) is 10.8. The molecule has 4 atom stereocenters. The highest BCUT2D eigenvalue weighted by Crippen LogP contribution is 2.50. The third kappa shape index (κ3) is 3.92. The van der Waals surface area contributed by atoms with Crippen LogP contribution in [-0.2, 0) is 14.8 Å². The van der Waals surface area contributed by atoms with Crippen molar-refractivity contribution in [3.63, 3.8) is 0 Å². The van der Waals surface area contributed by atoms with Crippen LogP contribution in [-0.4, -0.2) is 32.6 Å². The van der Waals surface area contributed by atoms with Crippen LogP contribution in [0, 0.1) is 16.0 Å². The van der Waals surface area contributed by atoms with Crippen LogP contribution >= 0.6 is 0 Å². The maximum Gasteiger partial charge on any atom is 0.269 e. The Bertz CT molecular complexity index is 1160. The summed E-state index contributed by atoms with van der Waals surface area (Å²) >= 11 is 0. The van der Waals surface area contributed by atoms with Gasteiger partial charge in [-0.05, 0) is 54.5 Å². The van der Waals surface area contributed by atoms with Crippen LogP contribution in [0.4, 0.5) is 11.4 Å². The number of nitrogens with zero attached hydrogens (tertiary/aromatic N) is 1. The molecule has 1 fully saturated rings. The number of hydrogen-bond donors (Lipinski definition) is 2. The number of ether oxygens (including phenoxy) is 1. The van der Waals surface area contributed by atoms with Crippen molar-refractivity contribution in [2.24, 2.45) is 5.92 Å². The van der Waals surface area contributed by atoms with Gasteiger partial charge < -0.3 is 10.1 Å². The molecular formula is C23H25N3O5S. The van der Waals surface area contributed by atoms with Gasteiger partial charge in [0, 0.05) is 36.9 Å². The Hall–Kier alpha value is -2.75. The van der Waals surface area contributed by atoms with E-state index in [0.717, 1.165) is 36.1 Å². The zero-order chi connectivity index (χ0) is 22.3. The van der Waals surface area contributed by atoms with Gasteiger partial charge in [-0.2, -0.15) is 0 Å². The Balaban J connectivity index is 1.41. The van der Waals surface area contributed by atoms with Crippen LogP contribution in [0.15, 0.2) is 59.5 Å². The third-order valence-electron chi connectivity index (χ3n) is 6.63. The second kappa shape index (κ2) is 8.31. The smallest absolute Gasteiger partial charge is 0.269 e. The number of rotatable bonds is 6. The van der Waals surface area contributed by atoms with Crippen molar-refractivity contribution in [2.75, 3.05) is 18.5 Å². The molecule has 0 aromatic heterocycles. The Morgan fingerprint density at radius 3 is 2.72 bits per heavy atom. The summed E-state index contributed by atoms with van der Waals surface area (Å²) in [6.07, 6.45) is 6.89. The lowest BCUT2D eigenvalue weighted by atomic mass is 9.77. The van der Waals surface area contributed by atoms with Crippen molar-refractivity contribution in [3.05, 3.63) is 75.9 Å². The van der Waals surface area contributed by atoms with Crippen LogP contribution in [0.25, 0.3) is 0 Å². The summed E-state index contributed by atoms with van der Waals surface area (Å²) in [5.74, 6) is 0.293. The number of anilines is 1. The zero-order valence-electron chi connectivity index (χ0n) is 17.4. The molecule has 1 saturated heterocycles. The van der Waals surface area contributed by atoms with E-state index in [1.807, 2.05) is 6.07 Å². The van der Waals surface area contributed by atoms with Crippen molar-refractivity contribution >= 4 is 21.4 Å². The van der Waals surface area contributed by atoms with Gasteiger partial charge in [0.05, 0.1) is 22.0 Å². The van der Waals surface area contributed by atoms with Gasteiger partial charge in [0.15, 0.2) is 0 Å². The summed E-state index contributed by atoms with van der Waals surface area (Å²) in [5.41, 5.74) is 2.90. The molecule has 2 heterocycles. The van der Waals surface area contributed by atoms with Gasteiger partial charge in [-0.25, -0.2) is 13.1 Å². The molecule has 0 radical (unpaired) electrons. The highest BCUT2D eigenvalue weighted by atomic mass is 32.2. The minimum atomic E-state index is -3.63. The molecule has 9 heteroatoms. The van der Waals surface area contributed by atoms with E-state index in [0.29, 0.717) is 6.61 Å². The monoisotopic (exact) mass is 455 g/mol. The minimum Gasteiger partial charge on any atom is -0.378 e. The first-order valence-corrected chi connectivity index (χ1v) is 12.3. The largest absolute Gasteiger partial charge is 0.378 e. The average molecular weight is 456 g/mol. The standard InChI is InChI=1S/C23H25N3O5S/c27-26(28)16-8-6-15(7-9-16)23-20-5-1-4-19(20)21-13-18(10-11-22(21)25-23)32(29,30)24-14-17-3-2-12-31-17/h1,4,6-11,13,17,19-20,23-25H,2-3,5,12,14H2. The number of allylic oxidation sites excluding steroid dienone is 2. The second-order valence-electron chi connectivity index (χ2n) is 8.56. The summed E-state index contributed by atoms with van der Waals surface area (Å²) in [6, 6.07) is 11.8. The average Bonchev–Trinajstić information content (AvgIpc) is 3.49. The Labute approximate surface area is 186 Å². The molecule has 0 amide bonds. The minimum absolute atomic E-state index is 0.0107. The predicted molar refractivity (Wildman–Crippen MR) is 120 cm³/mol. The van der Waals surface area contributed by atoms with Crippen molar-refractivity contribution in [1.82, 2.24) is 4.72 Å². The molecule has 4 unspecified atom stereocenters. The van der Waals surface area contributed by atoms with Gasteiger partial charge in [0.25, 0.3) is 5.69 Å². The first kappa shape index (κ1) is 21.1. The highest BCUT2D eigenvalue weighted by molar-refractivity contribution is 7.89. The first-order chi connectivity index (χ1) is 15.4. The van der Waals surface area contributed by atoms with Crippen LogP contribution in [0.1, 0.15) is 42.3 Å². The van der Waals surface area contributed by atoms with Crippen LogP contribution in [0.3, 0.4) is 0 Å². The highest BCUT2D eigenvalue weighted by Gasteiger charge is 2.38. The Morgan fingerprint density at radius 2 is 2.00 bits per heavy atom. The molecule has 2 N–H and O–H groups in total. The van der Waals surface area contributed by atoms with Gasteiger partial charge in [-0.15, -0.1) is 0 Å². The van der Waals surface area contributed by atoms with Crippen LogP contribution in [0.5, 0.6) is 0 Å². The Morgan fingerprint density at radius 1 is 1.19 bits per heavy atom. The quantitative estimate of drug-likeness (QED) is 0.389. The van der Waals surface area contributed by atoms with E-state index in [4.69, 9.17) is 4.74 Å². The van der Waals surface area contributed by atoms with E-state index in [1.165, 1.54) is 12.1 Å². The molecule has 1 aliphatic carbocycles. The first-order valence-electron chi connectivity index (χ1n) is 10.9. The Kier molecular flexibility index (Phi) is 5.48. The molecule has 0 bridgehead atoms. The van der Waals surface area contributed by atoms with E-state index in [2.05, 4.69) is 22.2 Å². The number of hydrogen-bond acceptors (Lipinski definition) is 6. The number of benzene rings is 2.